The summed E-state index contributed by atoms with van der Waals surface area (Å²) >= 11 is 2.88. The molecule has 4 heterocycles. The maximum Gasteiger partial charge on any atom is 0.321 e. The van der Waals surface area contributed by atoms with Crippen LogP contribution >= 0.6 is 23.5 Å². The molecule has 6 atom stereocenters. The van der Waals surface area contributed by atoms with E-state index in [2.05, 4.69) is 54.8 Å². The van der Waals surface area contributed by atoms with Gasteiger partial charge in [0.05, 0.1) is 58.2 Å². The molecule has 0 aromatic heterocycles. The summed E-state index contributed by atoms with van der Waals surface area (Å²) in [6.45, 7) is 9.39. The lowest BCUT2D eigenvalue weighted by molar-refractivity contribution is -0.133. The number of hydrogen-bond acceptors (Lipinski definition) is 16. The third kappa shape index (κ3) is 16.9. The molecule has 360 valence electrons. The lowest BCUT2D eigenvalue weighted by Crippen LogP contribution is -2.54. The Labute approximate surface area is 388 Å². The fraction of sp³-hybridized carbons (Fsp3) is 0.619. The monoisotopic (exact) mass is 949 g/mol. The first-order valence-corrected chi connectivity index (χ1v) is 23.9. The van der Waals surface area contributed by atoms with Gasteiger partial charge in [-0.2, -0.15) is 5.53 Å². The second-order valence-electron chi connectivity index (χ2n) is 16.1. The van der Waals surface area contributed by atoms with Crippen molar-refractivity contribution in [3.63, 3.8) is 0 Å². The number of methoxy groups -OCH3 is 1. The zero-order valence-electron chi connectivity index (χ0n) is 37.2. The third-order valence-electron chi connectivity index (χ3n) is 11.0. The molecule has 8 N–H and O–H groups in total. The predicted octanol–water partition coefficient (Wildman–Crippen LogP) is 0.924. The first-order valence-electron chi connectivity index (χ1n) is 21.9. The van der Waals surface area contributed by atoms with E-state index in [9.17, 15) is 23.6 Å². The predicted molar refractivity (Wildman–Crippen MR) is 246 cm³/mol. The van der Waals surface area contributed by atoms with E-state index in [0.29, 0.717) is 81.8 Å². The van der Waals surface area contributed by atoms with Crippen molar-refractivity contribution >= 4 is 53.1 Å². The average Bonchev–Trinajstić information content (AvgIpc) is 3.95. The van der Waals surface area contributed by atoms with E-state index in [0.717, 1.165) is 31.9 Å². The van der Waals surface area contributed by atoms with Gasteiger partial charge in [-0.3, -0.25) is 14.9 Å². The molecule has 0 saturated carbocycles. The minimum absolute atomic E-state index is 0.00862. The van der Waals surface area contributed by atoms with Crippen molar-refractivity contribution in [3.05, 3.63) is 53.8 Å². The number of hydrogen-bond donors (Lipinski definition) is 8. The Morgan fingerprint density at radius 1 is 0.969 bits per heavy atom. The molecule has 4 fully saturated rings. The van der Waals surface area contributed by atoms with Crippen molar-refractivity contribution in [2.45, 2.75) is 48.1 Å². The Kier molecular flexibility index (Phi) is 20.3. The van der Waals surface area contributed by atoms with E-state index < -0.39 is 11.1 Å². The average molecular weight is 950 g/mol. The molecule has 0 aliphatic carbocycles. The zero-order valence-corrected chi connectivity index (χ0v) is 38.9. The molecular weight excluding hydrogens is 886 g/mol. The van der Waals surface area contributed by atoms with Crippen molar-refractivity contribution in [3.8, 4) is 11.5 Å². The maximum absolute atomic E-state index is 14.5. The highest BCUT2D eigenvalue weighted by molar-refractivity contribution is 8.01. The molecule has 20 nitrogen and oxygen atoms in total. The topological polar surface area (TPSA) is 220 Å². The Bertz CT molecular complexity index is 1840. The first kappa shape index (κ1) is 50.2. The van der Waals surface area contributed by atoms with Gasteiger partial charge in [-0.25, -0.2) is 24.4 Å². The van der Waals surface area contributed by atoms with Crippen LogP contribution in [-0.4, -0.2) is 179 Å². The number of piperazine rings is 1. The summed E-state index contributed by atoms with van der Waals surface area (Å²) in [4.78, 5) is 54.7. The van der Waals surface area contributed by atoms with E-state index in [1.54, 1.807) is 36.0 Å². The molecule has 5 unspecified atom stereocenters. The van der Waals surface area contributed by atoms with Crippen LogP contribution in [0.2, 0.25) is 0 Å². The molecule has 6 rings (SSSR count). The van der Waals surface area contributed by atoms with Crippen molar-refractivity contribution in [1.29, 1.82) is 0 Å². The number of halogens is 1. The summed E-state index contributed by atoms with van der Waals surface area (Å²) in [6, 6.07) is 11.1. The number of carbonyl (C=O) groups is 4. The van der Waals surface area contributed by atoms with Gasteiger partial charge in [-0.15, -0.1) is 23.5 Å². The number of thioether (sulfide) groups is 2. The van der Waals surface area contributed by atoms with E-state index >= 15 is 0 Å². The van der Waals surface area contributed by atoms with Crippen LogP contribution in [0.3, 0.4) is 0 Å². The van der Waals surface area contributed by atoms with Crippen LogP contribution in [0, 0.1) is 11.7 Å². The van der Waals surface area contributed by atoms with Crippen molar-refractivity contribution < 1.29 is 47.3 Å². The van der Waals surface area contributed by atoms with Gasteiger partial charge in [-0.05, 0) is 37.4 Å². The Balaban J connectivity index is 0.780. The third-order valence-corrected chi connectivity index (χ3v) is 13.8. The van der Waals surface area contributed by atoms with Crippen LogP contribution in [0.4, 0.5) is 19.7 Å². The summed E-state index contributed by atoms with van der Waals surface area (Å²) in [7, 11) is 3.52. The van der Waals surface area contributed by atoms with Crippen LogP contribution < -0.4 is 52.3 Å². The van der Waals surface area contributed by atoms with E-state index in [1.807, 2.05) is 29.0 Å². The highest BCUT2D eigenvalue weighted by Gasteiger charge is 2.32. The molecule has 23 heteroatoms. The standard InChI is InChI=1S/C42H64FN11O9S2/c1-28-22-45-40(57)48-39(28)65-36(38(56)44-23-29-4-7-34(59-3)21-35(29)43)26-62-19-18-61-17-16-60-15-14-54-24-32(50-51-54)25-63-33-8-5-30(6-9-33)46-41(58)49-42-47-31(27-64-42)20-37(55)53-12-10-52(2)11-13-53/h4-9,21,28,31-32,36,39,42,47,50-51H,10-20,22-27H2,1-3H3,(H,44,56)(H2,45,48,57)(H2,46,49,58)/t28?,31?,32?,36-,39?,42?/m1/s1. The molecule has 4 aliphatic rings. The lowest BCUT2D eigenvalue weighted by Gasteiger charge is -2.33. The fourth-order valence-corrected chi connectivity index (χ4v) is 9.52. The fourth-order valence-electron chi connectivity index (χ4n) is 7.12. The SMILES string of the molecule is COc1ccc(CNC(=O)[C@@H](COCCOCCOCCN2CC(COc3ccc(NC(=O)NC4NC(CC(=O)N5CCN(C)CC5)CS4)cc3)NN2)SC2NC(=O)NCC2C)c(F)c1. The number of urea groups is 2. The first-order chi connectivity index (χ1) is 31.5. The van der Waals surface area contributed by atoms with Gasteiger partial charge in [0.25, 0.3) is 0 Å². The number of nitrogens with one attached hydrogen (secondary N) is 8. The number of hydrazine groups is 2. The van der Waals surface area contributed by atoms with Crippen molar-refractivity contribution in [2.75, 3.05) is 117 Å². The maximum atomic E-state index is 14.5. The van der Waals surface area contributed by atoms with Gasteiger partial charge in [0, 0.05) is 93.8 Å². The number of anilines is 1. The van der Waals surface area contributed by atoms with Crippen LogP contribution in [0.1, 0.15) is 18.9 Å². The van der Waals surface area contributed by atoms with Gasteiger partial charge in [0.15, 0.2) is 0 Å². The molecule has 0 bridgehead atoms. The number of carbonyl (C=O) groups excluding carboxylic acids is 4. The molecule has 2 aromatic carbocycles. The summed E-state index contributed by atoms with van der Waals surface area (Å²) in [5.41, 5.74) is 7.04. The minimum atomic E-state index is -0.659. The smallest absolute Gasteiger partial charge is 0.321 e. The number of nitrogens with zero attached hydrogens (tertiary/aromatic N) is 3. The normalized spacial score (nSPS) is 23.0. The molecule has 0 radical (unpaired) electrons. The number of ether oxygens (including phenoxy) is 5. The zero-order chi connectivity index (χ0) is 46.0. The quantitative estimate of drug-likeness (QED) is 0.0687. The second-order valence-corrected chi connectivity index (χ2v) is 18.6. The van der Waals surface area contributed by atoms with Gasteiger partial charge < -0.3 is 60.1 Å². The molecule has 4 saturated heterocycles. The molecule has 4 aliphatic heterocycles. The number of benzene rings is 2. The molecule has 6 amide bonds. The number of likely N-dealkylation sites (N-methyl/N-ethyl adjacent to an activating group) is 1. The van der Waals surface area contributed by atoms with Gasteiger partial charge in [0.2, 0.25) is 11.8 Å². The molecule has 65 heavy (non-hydrogen) atoms. The molecule has 2 aromatic rings. The molecule has 0 spiro atoms. The van der Waals surface area contributed by atoms with Crippen LogP contribution in [0.5, 0.6) is 11.5 Å². The lowest BCUT2D eigenvalue weighted by atomic mass is 10.1. The largest absolute Gasteiger partial charge is 0.497 e. The number of rotatable bonds is 24. The van der Waals surface area contributed by atoms with E-state index in [-0.39, 0.29) is 72.5 Å². The Hall–Kier alpha value is -4.17. The Morgan fingerprint density at radius 2 is 1.71 bits per heavy atom. The van der Waals surface area contributed by atoms with Crippen molar-refractivity contribution in [1.82, 2.24) is 52.4 Å². The van der Waals surface area contributed by atoms with Crippen molar-refractivity contribution in [2.24, 2.45) is 5.92 Å². The summed E-state index contributed by atoms with van der Waals surface area (Å²) < 4.78 is 42.8. The van der Waals surface area contributed by atoms with E-state index in [1.165, 1.54) is 24.9 Å². The highest BCUT2D eigenvalue weighted by atomic mass is 32.2. The molecular formula is C42H64FN11O9S2. The minimum Gasteiger partial charge on any atom is -0.497 e. The van der Waals surface area contributed by atoms with Crippen LogP contribution in [-0.2, 0) is 30.3 Å². The highest BCUT2D eigenvalue weighted by Crippen LogP contribution is 2.26. The second kappa shape index (κ2) is 26.2. The number of amides is 6. The summed E-state index contributed by atoms with van der Waals surface area (Å²) in [5.74, 6) is 1.22. The van der Waals surface area contributed by atoms with Crippen LogP contribution in [0.15, 0.2) is 42.5 Å². The van der Waals surface area contributed by atoms with Crippen LogP contribution in [0.25, 0.3) is 0 Å². The summed E-state index contributed by atoms with van der Waals surface area (Å²) in [5, 5.41) is 18.6. The van der Waals surface area contributed by atoms with Gasteiger partial charge in [0.1, 0.15) is 34.7 Å². The van der Waals surface area contributed by atoms with Gasteiger partial charge >= 0.3 is 12.1 Å². The van der Waals surface area contributed by atoms with Gasteiger partial charge in [-0.1, -0.05) is 13.0 Å². The van der Waals surface area contributed by atoms with E-state index in [4.69, 9.17) is 23.7 Å². The Morgan fingerprint density at radius 3 is 2.46 bits per heavy atom. The summed E-state index contributed by atoms with van der Waals surface area (Å²) in [6.07, 6.45) is 0.422.